The van der Waals surface area contributed by atoms with E-state index in [4.69, 9.17) is 10.5 Å². The molecule has 0 aliphatic rings. The number of anilines is 1. The summed E-state index contributed by atoms with van der Waals surface area (Å²) in [6, 6.07) is 2.90. The van der Waals surface area contributed by atoms with Gasteiger partial charge in [0.15, 0.2) is 0 Å². The van der Waals surface area contributed by atoms with Crippen LogP contribution in [0.1, 0.15) is 11.1 Å². The van der Waals surface area contributed by atoms with Gasteiger partial charge in [0, 0.05) is 0 Å². The van der Waals surface area contributed by atoms with Gasteiger partial charge in [0.25, 0.3) is 0 Å². The molecule has 0 aromatic heterocycles. The van der Waals surface area contributed by atoms with E-state index in [1.165, 1.54) is 12.1 Å². The Balaban J connectivity index is 3.49. The Morgan fingerprint density at radius 2 is 1.59 bits per heavy atom. The number of benzene rings is 1. The summed E-state index contributed by atoms with van der Waals surface area (Å²) < 4.78 is 75.5. The van der Waals surface area contributed by atoms with E-state index in [1.807, 2.05) is 5.43 Å². The summed E-state index contributed by atoms with van der Waals surface area (Å²) in [6.07, 6.45) is -10.1. The van der Waals surface area contributed by atoms with Crippen molar-refractivity contribution in [2.45, 2.75) is 12.4 Å². The fraction of sp³-hybridized carbons (Fsp3) is 0.182. The fourth-order valence-corrected chi connectivity index (χ4v) is 1.81. The fourth-order valence-electron chi connectivity index (χ4n) is 1.27. The van der Waals surface area contributed by atoms with E-state index in [2.05, 4.69) is 21.0 Å². The number of hydrogen-bond acceptors (Lipinski definition) is 4. The lowest BCUT2D eigenvalue weighted by Crippen LogP contribution is -2.13. The highest BCUT2D eigenvalue weighted by atomic mass is 79.9. The van der Waals surface area contributed by atoms with E-state index in [0.29, 0.717) is 6.07 Å². The van der Waals surface area contributed by atoms with Crippen molar-refractivity contribution in [3.8, 4) is 12.1 Å². The molecule has 0 bridgehead atoms. The van der Waals surface area contributed by atoms with Crippen LogP contribution in [0.4, 0.5) is 32.0 Å². The molecule has 0 amide bonds. The Hall–Kier alpha value is -2.27. The van der Waals surface area contributed by atoms with Crippen molar-refractivity contribution >= 4 is 27.3 Å². The summed E-state index contributed by atoms with van der Waals surface area (Å²) >= 11 is 2.53. The maximum Gasteiger partial charge on any atom is 0.417 e. The number of hydrazone groups is 1. The predicted molar refractivity (Wildman–Crippen MR) is 66.4 cm³/mol. The molecular weight excluding hydrogens is 382 g/mol. The van der Waals surface area contributed by atoms with Gasteiger partial charge in [0.2, 0.25) is 5.71 Å². The van der Waals surface area contributed by atoms with Crippen LogP contribution in [0.15, 0.2) is 21.7 Å². The lowest BCUT2D eigenvalue weighted by molar-refractivity contribution is -0.143. The normalized spacial score (nSPS) is 11.3. The van der Waals surface area contributed by atoms with E-state index in [9.17, 15) is 26.3 Å². The van der Waals surface area contributed by atoms with Crippen LogP contribution in [-0.2, 0) is 12.4 Å². The highest BCUT2D eigenvalue weighted by molar-refractivity contribution is 9.10. The van der Waals surface area contributed by atoms with Crippen molar-refractivity contribution < 1.29 is 26.3 Å². The minimum atomic E-state index is -5.05. The lowest BCUT2D eigenvalue weighted by atomic mass is 10.1. The molecule has 1 aromatic rings. The highest BCUT2D eigenvalue weighted by Gasteiger charge is 2.39. The number of hydrogen-bond donors (Lipinski definition) is 1. The number of rotatable bonds is 2. The van der Waals surface area contributed by atoms with Crippen molar-refractivity contribution in [1.82, 2.24) is 0 Å². The van der Waals surface area contributed by atoms with Gasteiger partial charge < -0.3 is 0 Å². The first-order chi connectivity index (χ1) is 10.0. The van der Waals surface area contributed by atoms with Gasteiger partial charge in [-0.25, -0.2) is 0 Å². The van der Waals surface area contributed by atoms with Gasteiger partial charge in [-0.1, -0.05) is 0 Å². The molecule has 1 aromatic carbocycles. The smallest absolute Gasteiger partial charge is 0.275 e. The molecular formula is C11H3BrF6N4. The first-order valence-corrected chi connectivity index (χ1v) is 5.92. The summed E-state index contributed by atoms with van der Waals surface area (Å²) in [5.74, 6) is 0. The van der Waals surface area contributed by atoms with Crippen molar-refractivity contribution in [2.24, 2.45) is 5.10 Å². The Labute approximate surface area is 127 Å². The van der Waals surface area contributed by atoms with Gasteiger partial charge in [-0.05, 0) is 28.1 Å². The molecule has 1 N–H and O–H groups in total. The largest absolute Gasteiger partial charge is 0.417 e. The summed E-state index contributed by atoms with van der Waals surface area (Å²) in [6.45, 7) is 0. The maximum atomic E-state index is 12.8. The molecule has 0 fully saturated rings. The monoisotopic (exact) mass is 384 g/mol. The van der Waals surface area contributed by atoms with Gasteiger partial charge in [-0.2, -0.15) is 42.0 Å². The molecule has 0 radical (unpaired) electrons. The summed E-state index contributed by atoms with van der Waals surface area (Å²) in [7, 11) is 0. The van der Waals surface area contributed by atoms with Gasteiger partial charge in [-0.15, -0.1) is 0 Å². The standard InChI is InChI=1S/C11H3BrF6N4/c12-9-7(11(16,17)18)1-5(10(13,14)15)2-8(9)22-21-6(3-19)4-20/h1-2,22H. The number of alkyl halides is 6. The molecule has 0 aliphatic heterocycles. The molecule has 0 aliphatic carbocycles. The van der Waals surface area contributed by atoms with Crippen LogP contribution in [0.25, 0.3) is 0 Å². The lowest BCUT2D eigenvalue weighted by Gasteiger charge is -2.16. The van der Waals surface area contributed by atoms with Crippen molar-refractivity contribution in [3.63, 3.8) is 0 Å². The molecule has 1 rings (SSSR count). The van der Waals surface area contributed by atoms with E-state index < -0.39 is 39.4 Å². The second-order valence-corrected chi connectivity index (χ2v) is 4.47. The zero-order valence-corrected chi connectivity index (χ0v) is 11.7. The summed E-state index contributed by atoms with van der Waals surface area (Å²) in [4.78, 5) is 0. The topological polar surface area (TPSA) is 72.0 Å². The van der Waals surface area contributed by atoms with Crippen LogP contribution >= 0.6 is 15.9 Å². The van der Waals surface area contributed by atoms with Crippen LogP contribution in [0.5, 0.6) is 0 Å². The summed E-state index contributed by atoms with van der Waals surface area (Å²) in [5.41, 5.74) is -2.75. The minimum absolute atomic E-state index is 0.0610. The van der Waals surface area contributed by atoms with Crippen molar-refractivity contribution in [2.75, 3.05) is 5.43 Å². The molecule has 0 heterocycles. The Kier molecular flexibility index (Phi) is 5.04. The average Bonchev–Trinajstić information content (AvgIpc) is 2.38. The van der Waals surface area contributed by atoms with E-state index in [1.54, 1.807) is 0 Å². The molecule has 22 heavy (non-hydrogen) atoms. The van der Waals surface area contributed by atoms with Crippen LogP contribution < -0.4 is 5.43 Å². The van der Waals surface area contributed by atoms with Crippen molar-refractivity contribution in [1.29, 1.82) is 10.5 Å². The second-order valence-electron chi connectivity index (χ2n) is 3.68. The molecule has 11 heteroatoms. The third-order valence-electron chi connectivity index (χ3n) is 2.21. The molecule has 116 valence electrons. The Bertz CT molecular complexity index is 677. The van der Waals surface area contributed by atoms with Crippen LogP contribution in [0.2, 0.25) is 0 Å². The number of nitrogens with one attached hydrogen (secondary N) is 1. The van der Waals surface area contributed by atoms with E-state index in [0.717, 1.165) is 0 Å². The van der Waals surface area contributed by atoms with Gasteiger partial charge in [-0.3, -0.25) is 5.43 Å². The van der Waals surface area contributed by atoms with Crippen LogP contribution in [-0.4, -0.2) is 5.71 Å². The van der Waals surface area contributed by atoms with Crippen LogP contribution in [0, 0.1) is 22.7 Å². The second kappa shape index (κ2) is 6.23. The quantitative estimate of drug-likeness (QED) is 0.469. The number of nitrogens with zero attached hydrogens (tertiary/aromatic N) is 3. The summed E-state index contributed by atoms with van der Waals surface area (Å²) in [5, 5.41) is 20.0. The first-order valence-electron chi connectivity index (χ1n) is 5.12. The third kappa shape index (κ3) is 4.11. The zero-order valence-electron chi connectivity index (χ0n) is 10.1. The molecule has 0 atom stereocenters. The average molecular weight is 385 g/mol. The Morgan fingerprint density at radius 1 is 1.05 bits per heavy atom. The molecule has 0 spiro atoms. The first kappa shape index (κ1) is 17.8. The zero-order chi connectivity index (χ0) is 17.1. The molecule has 4 nitrogen and oxygen atoms in total. The van der Waals surface area contributed by atoms with E-state index >= 15 is 0 Å². The Morgan fingerprint density at radius 3 is 2.00 bits per heavy atom. The highest BCUT2D eigenvalue weighted by Crippen LogP contribution is 2.42. The third-order valence-corrected chi connectivity index (χ3v) is 3.06. The minimum Gasteiger partial charge on any atom is -0.275 e. The number of halogens is 7. The molecule has 0 unspecified atom stereocenters. The molecule has 0 saturated heterocycles. The SMILES string of the molecule is N#CC(C#N)=NNc1cc(C(F)(F)F)cc(C(F)(F)F)c1Br. The van der Waals surface area contributed by atoms with Crippen LogP contribution in [0.3, 0.4) is 0 Å². The number of nitriles is 2. The van der Waals surface area contributed by atoms with E-state index in [-0.39, 0.29) is 6.07 Å². The molecule has 0 saturated carbocycles. The van der Waals surface area contributed by atoms with Gasteiger partial charge >= 0.3 is 12.4 Å². The van der Waals surface area contributed by atoms with Crippen molar-refractivity contribution in [3.05, 3.63) is 27.7 Å². The van der Waals surface area contributed by atoms with Gasteiger partial charge in [0.05, 0.1) is 21.3 Å². The maximum absolute atomic E-state index is 12.8. The van der Waals surface area contributed by atoms with Gasteiger partial charge in [0.1, 0.15) is 12.1 Å². The predicted octanol–water partition coefficient (Wildman–Crippen LogP) is 4.30.